The predicted molar refractivity (Wildman–Crippen MR) is 171 cm³/mol. The molecule has 0 aliphatic carbocycles. The van der Waals surface area contributed by atoms with Crippen molar-refractivity contribution < 1.29 is 0 Å². The van der Waals surface area contributed by atoms with E-state index in [0.29, 0.717) is 0 Å². The molecule has 0 unspecified atom stereocenters. The van der Waals surface area contributed by atoms with Crippen molar-refractivity contribution in [3.05, 3.63) is 152 Å². The van der Waals surface area contributed by atoms with Crippen molar-refractivity contribution in [2.45, 2.75) is 0 Å². The SMILES string of the molecule is c1ccc(N(c2cccc3ccccc23)c2cccc3ccccc23)c(-c2ccc3c(c2)[nH]c2ccccc23)c1. The third kappa shape index (κ3) is 3.58. The Morgan fingerprint density at radius 1 is 0.375 bits per heavy atom. The smallest absolute Gasteiger partial charge is 0.0540 e. The Bertz CT molecular complexity index is 2100. The molecule has 8 rings (SSSR count). The van der Waals surface area contributed by atoms with Crippen LogP contribution in [0, 0.1) is 0 Å². The number of para-hydroxylation sites is 2. The number of fused-ring (bicyclic) bond motifs is 5. The Balaban J connectivity index is 1.42. The van der Waals surface area contributed by atoms with Gasteiger partial charge in [-0.1, -0.05) is 121 Å². The number of aromatic nitrogens is 1. The monoisotopic (exact) mass is 510 g/mol. The summed E-state index contributed by atoms with van der Waals surface area (Å²) >= 11 is 0. The van der Waals surface area contributed by atoms with Crippen molar-refractivity contribution in [1.29, 1.82) is 0 Å². The van der Waals surface area contributed by atoms with Gasteiger partial charge in [-0.15, -0.1) is 0 Å². The molecule has 1 aromatic heterocycles. The molecule has 0 amide bonds. The number of aromatic amines is 1. The molecule has 8 aromatic rings. The van der Waals surface area contributed by atoms with Crippen LogP contribution in [0.2, 0.25) is 0 Å². The summed E-state index contributed by atoms with van der Waals surface area (Å²) in [5.74, 6) is 0. The predicted octanol–water partition coefficient (Wildman–Crippen LogP) is 10.8. The zero-order chi connectivity index (χ0) is 26.5. The van der Waals surface area contributed by atoms with Crippen LogP contribution in [-0.2, 0) is 0 Å². The maximum absolute atomic E-state index is 3.63. The Morgan fingerprint density at radius 3 is 1.62 bits per heavy atom. The van der Waals surface area contributed by atoms with Crippen LogP contribution in [0.3, 0.4) is 0 Å². The summed E-state index contributed by atoms with van der Waals surface area (Å²) in [5, 5.41) is 7.39. The van der Waals surface area contributed by atoms with Crippen molar-refractivity contribution in [2.75, 3.05) is 4.90 Å². The van der Waals surface area contributed by atoms with Gasteiger partial charge in [-0.05, 0) is 46.7 Å². The fourth-order valence-corrected chi connectivity index (χ4v) is 6.13. The molecule has 0 bridgehead atoms. The molecule has 0 saturated carbocycles. The summed E-state index contributed by atoms with van der Waals surface area (Å²) in [5.41, 5.74) is 8.14. The van der Waals surface area contributed by atoms with Crippen LogP contribution >= 0.6 is 0 Å². The second-order valence-corrected chi connectivity index (χ2v) is 10.3. The van der Waals surface area contributed by atoms with E-state index >= 15 is 0 Å². The standard InChI is InChI=1S/C38H26N2/c1-3-15-29-26(11-1)13-9-21-37(29)40(38-22-10-14-27-12-2-4-16-30(27)38)36-20-8-6-17-31(36)28-23-24-33-32-18-5-7-19-34(32)39-35(33)25-28/h1-25,39H. The van der Waals surface area contributed by atoms with E-state index < -0.39 is 0 Å². The van der Waals surface area contributed by atoms with E-state index in [1.807, 2.05) is 0 Å². The van der Waals surface area contributed by atoms with Crippen molar-refractivity contribution in [2.24, 2.45) is 0 Å². The van der Waals surface area contributed by atoms with Crippen LogP contribution in [0.5, 0.6) is 0 Å². The molecule has 1 heterocycles. The Kier molecular flexibility index (Phi) is 5.17. The summed E-state index contributed by atoms with van der Waals surface area (Å²) < 4.78 is 0. The molecule has 7 aromatic carbocycles. The van der Waals surface area contributed by atoms with Crippen LogP contribution in [-0.4, -0.2) is 4.98 Å². The second-order valence-electron chi connectivity index (χ2n) is 10.3. The summed E-state index contributed by atoms with van der Waals surface area (Å²) in [7, 11) is 0. The number of anilines is 3. The zero-order valence-corrected chi connectivity index (χ0v) is 21.9. The van der Waals surface area contributed by atoms with E-state index in [1.54, 1.807) is 0 Å². The van der Waals surface area contributed by atoms with Gasteiger partial charge in [0.1, 0.15) is 0 Å². The average molecular weight is 511 g/mol. The highest BCUT2D eigenvalue weighted by molar-refractivity contribution is 6.10. The first-order valence-corrected chi connectivity index (χ1v) is 13.7. The first-order chi connectivity index (χ1) is 19.8. The lowest BCUT2D eigenvalue weighted by molar-refractivity contribution is 1.31. The summed E-state index contributed by atoms with van der Waals surface area (Å²) in [6.45, 7) is 0. The number of nitrogens with zero attached hydrogens (tertiary/aromatic N) is 1. The van der Waals surface area contributed by atoms with Crippen molar-refractivity contribution in [1.82, 2.24) is 4.98 Å². The Hall–Kier alpha value is -5.34. The lowest BCUT2D eigenvalue weighted by Crippen LogP contribution is -2.12. The van der Waals surface area contributed by atoms with Crippen LogP contribution < -0.4 is 4.90 Å². The van der Waals surface area contributed by atoms with Crippen LogP contribution in [0.25, 0.3) is 54.5 Å². The molecular formula is C38H26N2. The first-order valence-electron chi connectivity index (χ1n) is 13.7. The normalized spacial score (nSPS) is 11.5. The molecular weight excluding hydrogens is 484 g/mol. The Morgan fingerprint density at radius 2 is 0.900 bits per heavy atom. The van der Waals surface area contributed by atoms with Gasteiger partial charge in [-0.25, -0.2) is 0 Å². The fourth-order valence-electron chi connectivity index (χ4n) is 6.13. The van der Waals surface area contributed by atoms with Crippen molar-refractivity contribution >= 4 is 60.4 Å². The van der Waals surface area contributed by atoms with Gasteiger partial charge in [0.25, 0.3) is 0 Å². The Labute approximate surface area is 232 Å². The highest BCUT2D eigenvalue weighted by Gasteiger charge is 2.21. The van der Waals surface area contributed by atoms with Gasteiger partial charge < -0.3 is 9.88 Å². The molecule has 0 aliphatic rings. The van der Waals surface area contributed by atoms with Gasteiger partial charge in [0.15, 0.2) is 0 Å². The lowest BCUT2D eigenvalue weighted by Gasteiger charge is -2.30. The molecule has 0 aliphatic heterocycles. The summed E-state index contributed by atoms with van der Waals surface area (Å²) in [4.78, 5) is 6.07. The van der Waals surface area contributed by atoms with Crippen LogP contribution in [0.4, 0.5) is 17.1 Å². The van der Waals surface area contributed by atoms with E-state index in [2.05, 4.69) is 162 Å². The molecule has 0 fully saturated rings. The highest BCUT2D eigenvalue weighted by atomic mass is 15.1. The third-order valence-electron chi connectivity index (χ3n) is 7.98. The van der Waals surface area contributed by atoms with Gasteiger partial charge in [0, 0.05) is 38.1 Å². The van der Waals surface area contributed by atoms with Gasteiger partial charge in [0.05, 0.1) is 17.1 Å². The minimum absolute atomic E-state index is 1.14. The fraction of sp³-hybridized carbons (Fsp3) is 0. The number of hydrogen-bond acceptors (Lipinski definition) is 1. The van der Waals surface area contributed by atoms with Gasteiger partial charge in [-0.3, -0.25) is 0 Å². The van der Waals surface area contributed by atoms with Crippen molar-refractivity contribution in [3.63, 3.8) is 0 Å². The first kappa shape index (κ1) is 22.6. The number of hydrogen-bond donors (Lipinski definition) is 1. The molecule has 40 heavy (non-hydrogen) atoms. The van der Waals surface area contributed by atoms with Gasteiger partial charge in [0.2, 0.25) is 0 Å². The molecule has 0 spiro atoms. The lowest BCUT2D eigenvalue weighted by atomic mass is 9.98. The van der Waals surface area contributed by atoms with Crippen molar-refractivity contribution in [3.8, 4) is 11.1 Å². The number of H-pyrrole nitrogens is 1. The van der Waals surface area contributed by atoms with E-state index in [0.717, 1.165) is 28.1 Å². The summed E-state index contributed by atoms with van der Waals surface area (Å²) in [6.07, 6.45) is 0. The van der Waals surface area contributed by atoms with E-state index in [-0.39, 0.29) is 0 Å². The molecule has 2 nitrogen and oxygen atoms in total. The minimum Gasteiger partial charge on any atom is -0.354 e. The topological polar surface area (TPSA) is 19.0 Å². The van der Waals surface area contributed by atoms with Gasteiger partial charge in [-0.2, -0.15) is 0 Å². The van der Waals surface area contributed by atoms with E-state index in [9.17, 15) is 0 Å². The maximum Gasteiger partial charge on any atom is 0.0540 e. The van der Waals surface area contributed by atoms with Crippen LogP contribution in [0.15, 0.2) is 152 Å². The zero-order valence-electron chi connectivity index (χ0n) is 21.9. The van der Waals surface area contributed by atoms with Crippen LogP contribution in [0.1, 0.15) is 0 Å². The minimum atomic E-state index is 1.14. The largest absolute Gasteiger partial charge is 0.354 e. The maximum atomic E-state index is 3.63. The number of nitrogens with one attached hydrogen (secondary N) is 1. The molecule has 188 valence electrons. The third-order valence-corrected chi connectivity index (χ3v) is 7.98. The second kappa shape index (κ2) is 9.14. The molecule has 0 radical (unpaired) electrons. The molecule has 1 N–H and O–H groups in total. The highest BCUT2D eigenvalue weighted by Crippen LogP contribution is 2.45. The number of benzene rings is 7. The summed E-state index contributed by atoms with van der Waals surface area (Å²) in [6, 6.07) is 54.6. The van der Waals surface area contributed by atoms with E-state index in [4.69, 9.17) is 0 Å². The number of rotatable bonds is 4. The molecule has 0 saturated heterocycles. The quantitative estimate of drug-likeness (QED) is 0.249. The molecule has 0 atom stereocenters. The average Bonchev–Trinajstić information content (AvgIpc) is 3.40. The van der Waals surface area contributed by atoms with Gasteiger partial charge >= 0.3 is 0 Å². The van der Waals surface area contributed by atoms with E-state index in [1.165, 1.54) is 43.4 Å². The molecule has 2 heteroatoms.